The minimum absolute atomic E-state index is 0.0724. The molecule has 2 N–H and O–H groups in total. The van der Waals surface area contributed by atoms with Gasteiger partial charge < -0.3 is 15.3 Å². The molecule has 0 aromatic heterocycles. The van der Waals surface area contributed by atoms with Crippen molar-refractivity contribution in [3.05, 3.63) is 34.9 Å². The molecule has 1 atom stereocenters. The van der Waals surface area contributed by atoms with Crippen LogP contribution < -0.4 is 5.32 Å². The summed E-state index contributed by atoms with van der Waals surface area (Å²) < 4.78 is 0. The molecule has 2 amide bonds. The van der Waals surface area contributed by atoms with E-state index in [1.54, 1.807) is 19.2 Å². The molecule has 0 spiro atoms. The van der Waals surface area contributed by atoms with Crippen molar-refractivity contribution in [1.82, 2.24) is 10.2 Å². The van der Waals surface area contributed by atoms with Gasteiger partial charge in [0.2, 0.25) is 0 Å². The fraction of sp³-hybridized carbons (Fsp3) is 0.429. The first-order chi connectivity index (χ1) is 9.42. The van der Waals surface area contributed by atoms with Crippen LogP contribution in [0.15, 0.2) is 24.3 Å². The molecule has 0 saturated carbocycles. The first-order valence-electron chi connectivity index (χ1n) is 6.40. The number of benzene rings is 1. The maximum Gasteiger partial charge on any atom is 0.317 e. The van der Waals surface area contributed by atoms with Gasteiger partial charge in [0.05, 0.1) is 6.42 Å². The molecule has 1 unspecified atom stereocenters. The van der Waals surface area contributed by atoms with E-state index < -0.39 is 5.97 Å². The summed E-state index contributed by atoms with van der Waals surface area (Å²) in [5.74, 6) is -0.919. The first kappa shape index (κ1) is 16.3. The predicted molar refractivity (Wildman–Crippen MR) is 77.8 cm³/mol. The van der Waals surface area contributed by atoms with Crippen LogP contribution in [0.25, 0.3) is 0 Å². The van der Waals surface area contributed by atoms with Gasteiger partial charge in [-0.15, -0.1) is 0 Å². The Morgan fingerprint density at radius 2 is 1.95 bits per heavy atom. The number of hydrogen-bond acceptors (Lipinski definition) is 2. The number of rotatable bonds is 6. The van der Waals surface area contributed by atoms with E-state index in [4.69, 9.17) is 16.7 Å². The Morgan fingerprint density at radius 1 is 1.35 bits per heavy atom. The minimum atomic E-state index is -0.919. The van der Waals surface area contributed by atoms with Crippen molar-refractivity contribution in [3.8, 4) is 0 Å². The van der Waals surface area contributed by atoms with Gasteiger partial charge in [0, 0.05) is 24.7 Å². The van der Waals surface area contributed by atoms with E-state index in [0.29, 0.717) is 18.0 Å². The zero-order valence-electron chi connectivity index (χ0n) is 11.6. The summed E-state index contributed by atoms with van der Waals surface area (Å²) in [7, 11) is 1.66. The number of carboxylic acids is 1. The number of carbonyl (C=O) groups is 2. The molecular formula is C14H19ClN2O3. The van der Waals surface area contributed by atoms with Gasteiger partial charge in [0.1, 0.15) is 0 Å². The largest absolute Gasteiger partial charge is 0.481 e. The topological polar surface area (TPSA) is 69.6 Å². The minimum Gasteiger partial charge on any atom is -0.481 e. The third-order valence-corrected chi connectivity index (χ3v) is 3.17. The van der Waals surface area contributed by atoms with Crippen molar-refractivity contribution in [2.45, 2.75) is 32.4 Å². The summed E-state index contributed by atoms with van der Waals surface area (Å²) in [5.41, 5.74) is 0.957. The maximum absolute atomic E-state index is 12.0. The number of urea groups is 1. The fourth-order valence-electron chi connectivity index (χ4n) is 1.73. The Bertz CT molecular complexity index is 462. The van der Waals surface area contributed by atoms with E-state index in [1.165, 1.54) is 4.90 Å². The average molecular weight is 299 g/mol. The third-order valence-electron chi connectivity index (χ3n) is 2.92. The van der Waals surface area contributed by atoms with Crippen LogP contribution in [-0.2, 0) is 11.3 Å². The van der Waals surface area contributed by atoms with Gasteiger partial charge in [0.25, 0.3) is 0 Å². The Balaban J connectivity index is 2.53. The Labute approximate surface area is 123 Å². The molecule has 1 aromatic carbocycles. The second kappa shape index (κ2) is 7.75. The van der Waals surface area contributed by atoms with Crippen LogP contribution in [0.4, 0.5) is 4.79 Å². The molecule has 1 aromatic rings. The molecule has 0 bridgehead atoms. The van der Waals surface area contributed by atoms with Crippen molar-refractivity contribution in [2.75, 3.05) is 7.05 Å². The van der Waals surface area contributed by atoms with Gasteiger partial charge in [-0.2, -0.15) is 0 Å². The van der Waals surface area contributed by atoms with E-state index in [-0.39, 0.29) is 18.5 Å². The van der Waals surface area contributed by atoms with Gasteiger partial charge in [-0.25, -0.2) is 4.79 Å². The van der Waals surface area contributed by atoms with Gasteiger partial charge in [-0.05, 0) is 24.1 Å². The van der Waals surface area contributed by atoms with Gasteiger partial charge in [-0.3, -0.25) is 4.79 Å². The number of amides is 2. The average Bonchev–Trinajstić information content (AvgIpc) is 2.39. The summed E-state index contributed by atoms with van der Waals surface area (Å²) >= 11 is 5.80. The second-order valence-electron chi connectivity index (χ2n) is 4.64. The molecule has 0 aliphatic carbocycles. The van der Waals surface area contributed by atoms with Gasteiger partial charge >= 0.3 is 12.0 Å². The molecule has 20 heavy (non-hydrogen) atoms. The Morgan fingerprint density at radius 3 is 2.45 bits per heavy atom. The van der Waals surface area contributed by atoms with E-state index in [2.05, 4.69) is 5.32 Å². The van der Waals surface area contributed by atoms with E-state index in [9.17, 15) is 9.59 Å². The van der Waals surface area contributed by atoms with E-state index in [0.717, 1.165) is 5.56 Å². The SMILES string of the molecule is CCC(CC(=O)O)NC(=O)N(C)Cc1ccc(Cl)cc1. The van der Waals surface area contributed by atoms with Crippen LogP contribution in [0.5, 0.6) is 0 Å². The number of nitrogens with one attached hydrogen (secondary N) is 1. The number of aliphatic carboxylic acids is 1. The van der Waals surface area contributed by atoms with Crippen LogP contribution in [0.1, 0.15) is 25.3 Å². The van der Waals surface area contributed by atoms with E-state index >= 15 is 0 Å². The lowest BCUT2D eigenvalue weighted by Gasteiger charge is -2.22. The Hall–Kier alpha value is -1.75. The highest BCUT2D eigenvalue weighted by Crippen LogP contribution is 2.11. The lowest BCUT2D eigenvalue weighted by atomic mass is 10.1. The van der Waals surface area contributed by atoms with Crippen molar-refractivity contribution < 1.29 is 14.7 Å². The van der Waals surface area contributed by atoms with Crippen LogP contribution in [0, 0.1) is 0 Å². The highest BCUT2D eigenvalue weighted by atomic mass is 35.5. The second-order valence-corrected chi connectivity index (χ2v) is 5.07. The molecule has 0 radical (unpaired) electrons. The van der Waals surface area contributed by atoms with Crippen molar-refractivity contribution >= 4 is 23.6 Å². The first-order valence-corrected chi connectivity index (χ1v) is 6.78. The molecular weight excluding hydrogens is 280 g/mol. The smallest absolute Gasteiger partial charge is 0.317 e. The summed E-state index contributed by atoms with van der Waals surface area (Å²) in [6, 6.07) is 6.59. The number of carboxylic acid groups (broad SMARTS) is 1. The van der Waals surface area contributed by atoms with Crippen molar-refractivity contribution in [3.63, 3.8) is 0 Å². The van der Waals surface area contributed by atoms with Crippen molar-refractivity contribution in [2.24, 2.45) is 0 Å². The maximum atomic E-state index is 12.0. The van der Waals surface area contributed by atoms with Gasteiger partial charge in [0.15, 0.2) is 0 Å². The molecule has 0 aliphatic rings. The van der Waals surface area contributed by atoms with Gasteiger partial charge in [-0.1, -0.05) is 30.7 Å². The Kier molecular flexibility index (Phi) is 6.31. The summed E-state index contributed by atoms with van der Waals surface area (Å²) in [4.78, 5) is 24.1. The predicted octanol–water partition coefficient (Wildman–Crippen LogP) is 2.73. The quantitative estimate of drug-likeness (QED) is 0.848. The lowest BCUT2D eigenvalue weighted by Crippen LogP contribution is -2.43. The molecule has 0 aliphatic heterocycles. The third kappa shape index (κ3) is 5.48. The number of nitrogens with zero attached hydrogens (tertiary/aromatic N) is 1. The number of carbonyl (C=O) groups excluding carboxylic acids is 1. The standard InChI is InChI=1S/C14H19ClN2O3/c1-3-12(8-13(18)19)16-14(20)17(2)9-10-4-6-11(15)7-5-10/h4-7,12H,3,8-9H2,1-2H3,(H,16,20)(H,18,19). The zero-order valence-corrected chi connectivity index (χ0v) is 12.4. The highest BCUT2D eigenvalue weighted by molar-refractivity contribution is 6.30. The van der Waals surface area contributed by atoms with Crippen LogP contribution >= 0.6 is 11.6 Å². The van der Waals surface area contributed by atoms with Crippen LogP contribution in [0.3, 0.4) is 0 Å². The molecule has 0 fully saturated rings. The normalized spacial score (nSPS) is 11.8. The molecule has 0 saturated heterocycles. The molecule has 1 rings (SSSR count). The highest BCUT2D eigenvalue weighted by Gasteiger charge is 2.16. The van der Waals surface area contributed by atoms with E-state index in [1.807, 2.05) is 19.1 Å². The fourth-order valence-corrected chi connectivity index (χ4v) is 1.85. The zero-order chi connectivity index (χ0) is 15.1. The monoisotopic (exact) mass is 298 g/mol. The molecule has 5 nitrogen and oxygen atoms in total. The molecule has 6 heteroatoms. The summed E-state index contributed by atoms with van der Waals surface area (Å²) in [6.07, 6.45) is 0.504. The molecule has 110 valence electrons. The van der Waals surface area contributed by atoms with Crippen molar-refractivity contribution in [1.29, 1.82) is 0 Å². The summed E-state index contributed by atoms with van der Waals surface area (Å²) in [6.45, 7) is 2.28. The molecule has 0 heterocycles. The van der Waals surface area contributed by atoms with Crippen LogP contribution in [0.2, 0.25) is 5.02 Å². The van der Waals surface area contributed by atoms with Crippen LogP contribution in [-0.4, -0.2) is 35.1 Å². The number of halogens is 1. The lowest BCUT2D eigenvalue weighted by molar-refractivity contribution is -0.137. The number of hydrogen-bond donors (Lipinski definition) is 2. The summed E-state index contributed by atoms with van der Waals surface area (Å²) in [5, 5.41) is 12.1.